The first kappa shape index (κ1) is 37.6. The fraction of sp³-hybridized carbons (Fsp3) is 0.442. The fourth-order valence-electron chi connectivity index (χ4n) is 8.50. The predicted molar refractivity (Wildman–Crippen MR) is 214 cm³/mol. The molecular formula is C43H50ClN7O3. The molecule has 10 nitrogen and oxygen atoms in total. The van der Waals surface area contributed by atoms with Crippen LogP contribution >= 0.6 is 11.6 Å². The third-order valence-corrected chi connectivity index (χ3v) is 11.9. The van der Waals surface area contributed by atoms with Gasteiger partial charge in [0.1, 0.15) is 12.4 Å². The quantitative estimate of drug-likeness (QED) is 0.155. The van der Waals surface area contributed by atoms with Crippen molar-refractivity contribution in [3.05, 3.63) is 101 Å². The summed E-state index contributed by atoms with van der Waals surface area (Å²) in [7, 11) is 0. The minimum Gasteiger partial charge on any atom is -0.462 e. The molecule has 54 heavy (non-hydrogen) atoms. The second-order valence-electron chi connectivity index (χ2n) is 14.9. The van der Waals surface area contributed by atoms with Gasteiger partial charge in [-0.15, -0.1) is 0 Å². The summed E-state index contributed by atoms with van der Waals surface area (Å²) >= 11 is 6.77. The number of likely N-dealkylation sites (tertiary alicyclic amines) is 1. The summed E-state index contributed by atoms with van der Waals surface area (Å²) in [4.78, 5) is 31.6. The van der Waals surface area contributed by atoms with Crippen molar-refractivity contribution in [2.24, 2.45) is 5.92 Å². The third-order valence-electron chi connectivity index (χ3n) is 11.6. The second kappa shape index (κ2) is 16.8. The van der Waals surface area contributed by atoms with Gasteiger partial charge in [0, 0.05) is 48.9 Å². The van der Waals surface area contributed by atoms with Gasteiger partial charge >= 0.3 is 6.01 Å². The van der Waals surface area contributed by atoms with Crippen LogP contribution in [0.25, 0.3) is 10.8 Å². The number of nitrogens with zero attached hydrogens (tertiary/aromatic N) is 7. The molecule has 2 fully saturated rings. The highest BCUT2D eigenvalue weighted by molar-refractivity contribution is 6.36. The van der Waals surface area contributed by atoms with Gasteiger partial charge in [-0.2, -0.15) is 15.2 Å². The number of halogens is 1. The number of nitriles is 1. The number of benzene rings is 3. The van der Waals surface area contributed by atoms with E-state index in [1.807, 2.05) is 30.3 Å². The Kier molecular flexibility index (Phi) is 11.7. The molecule has 11 heteroatoms. The van der Waals surface area contributed by atoms with Crippen LogP contribution in [-0.4, -0.2) is 88.7 Å². The van der Waals surface area contributed by atoms with Gasteiger partial charge in [-0.25, -0.2) is 0 Å². The molecule has 0 spiro atoms. The van der Waals surface area contributed by atoms with Crippen LogP contribution in [-0.2, 0) is 17.8 Å². The van der Waals surface area contributed by atoms with Gasteiger partial charge in [-0.05, 0) is 86.3 Å². The Labute approximate surface area is 323 Å². The van der Waals surface area contributed by atoms with E-state index in [4.69, 9.17) is 26.3 Å². The van der Waals surface area contributed by atoms with Crippen LogP contribution in [0.2, 0.25) is 5.02 Å². The first-order valence-corrected chi connectivity index (χ1v) is 19.6. The highest BCUT2D eigenvalue weighted by Gasteiger charge is 2.34. The molecule has 282 valence electrons. The number of carbonyl (C=O) groups is 1. The Morgan fingerprint density at radius 2 is 1.89 bits per heavy atom. The molecule has 2 unspecified atom stereocenters. The van der Waals surface area contributed by atoms with Crippen LogP contribution in [0, 0.1) is 24.2 Å². The van der Waals surface area contributed by atoms with E-state index >= 15 is 0 Å². The van der Waals surface area contributed by atoms with E-state index in [-0.39, 0.29) is 30.3 Å². The fourth-order valence-corrected chi connectivity index (χ4v) is 8.78. The lowest BCUT2D eigenvalue weighted by Crippen LogP contribution is -2.55. The van der Waals surface area contributed by atoms with Crippen LogP contribution in [0.1, 0.15) is 61.1 Å². The molecule has 3 aliphatic rings. The number of rotatable bonds is 12. The van der Waals surface area contributed by atoms with Crippen molar-refractivity contribution in [2.45, 2.75) is 70.7 Å². The molecule has 0 saturated carbocycles. The van der Waals surface area contributed by atoms with E-state index in [1.165, 1.54) is 6.08 Å². The Hall–Kier alpha value is -4.69. The van der Waals surface area contributed by atoms with Crippen molar-refractivity contribution in [3.8, 4) is 12.1 Å². The van der Waals surface area contributed by atoms with Crippen LogP contribution < -0.4 is 14.5 Å². The zero-order valence-electron chi connectivity index (χ0n) is 31.3. The SMILES string of the molecule is C=CC(=O)N1CCN(c2nc(OC[C@@H]3CCCN3CCC(C)C(O)c3ccccc3C)nc3c2CCN(c2cccc4cccc(Cl)c24)C3)C[C@@H]1CC#N. The lowest BCUT2D eigenvalue weighted by atomic mass is 9.92. The maximum atomic E-state index is 12.7. The standard InChI is InChI=1S/C43H50ClN7O3/c1-4-39(52)51-25-24-50(26-32(51)17-20-45)42-35-19-23-49(38-16-8-12-31-11-7-15-36(44)40(31)38)27-37(35)46-43(47-42)54-28-33-13-9-21-48(33)22-18-30(3)41(53)34-14-6-5-10-29(34)2/h4-8,10-12,14-16,30,32-33,41,53H,1,9,13,17-19,21-28H2,2-3H3/t30?,32-,33-,41?/m0/s1. The number of anilines is 2. The highest BCUT2D eigenvalue weighted by atomic mass is 35.5. The summed E-state index contributed by atoms with van der Waals surface area (Å²) in [5.41, 5.74) is 5.18. The van der Waals surface area contributed by atoms with Crippen molar-refractivity contribution in [2.75, 3.05) is 55.7 Å². The van der Waals surface area contributed by atoms with Gasteiger partial charge in [0.15, 0.2) is 0 Å². The first-order chi connectivity index (χ1) is 26.2. The molecule has 4 heterocycles. The first-order valence-electron chi connectivity index (χ1n) is 19.2. The van der Waals surface area contributed by atoms with Gasteiger partial charge < -0.3 is 24.5 Å². The lowest BCUT2D eigenvalue weighted by Gasteiger charge is -2.42. The number of aromatic nitrogens is 2. The molecule has 7 rings (SSSR count). The predicted octanol–water partition coefficient (Wildman–Crippen LogP) is 6.87. The summed E-state index contributed by atoms with van der Waals surface area (Å²) < 4.78 is 6.53. The zero-order valence-corrected chi connectivity index (χ0v) is 32.1. The van der Waals surface area contributed by atoms with Gasteiger partial charge in [0.25, 0.3) is 0 Å². The van der Waals surface area contributed by atoms with Crippen molar-refractivity contribution >= 4 is 39.8 Å². The van der Waals surface area contributed by atoms with Crippen LogP contribution in [0.4, 0.5) is 11.5 Å². The molecule has 4 atom stereocenters. The number of hydrogen-bond donors (Lipinski definition) is 1. The van der Waals surface area contributed by atoms with Crippen molar-refractivity contribution in [1.29, 1.82) is 5.26 Å². The average Bonchev–Trinajstić information content (AvgIpc) is 3.65. The Bertz CT molecular complexity index is 2030. The smallest absolute Gasteiger partial charge is 0.318 e. The van der Waals surface area contributed by atoms with E-state index < -0.39 is 6.10 Å². The van der Waals surface area contributed by atoms with Crippen molar-refractivity contribution in [1.82, 2.24) is 19.8 Å². The van der Waals surface area contributed by atoms with Gasteiger partial charge in [-0.1, -0.05) is 73.6 Å². The van der Waals surface area contributed by atoms with Crippen molar-refractivity contribution < 1.29 is 14.6 Å². The summed E-state index contributed by atoms with van der Waals surface area (Å²) in [5.74, 6) is 0.779. The average molecular weight is 748 g/mol. The molecule has 1 N–H and O–H groups in total. The number of carbonyl (C=O) groups excluding carboxylic acids is 1. The number of hydrogen-bond acceptors (Lipinski definition) is 9. The van der Waals surface area contributed by atoms with Gasteiger partial charge in [-0.3, -0.25) is 9.69 Å². The third kappa shape index (κ3) is 7.90. The van der Waals surface area contributed by atoms with E-state index in [1.54, 1.807) is 4.90 Å². The van der Waals surface area contributed by atoms with E-state index in [2.05, 4.69) is 71.5 Å². The van der Waals surface area contributed by atoms with Crippen molar-refractivity contribution in [3.63, 3.8) is 0 Å². The van der Waals surface area contributed by atoms with E-state index in [9.17, 15) is 15.2 Å². The van der Waals surface area contributed by atoms with Gasteiger partial charge in [0.2, 0.25) is 5.91 Å². The Morgan fingerprint density at radius 3 is 2.69 bits per heavy atom. The van der Waals surface area contributed by atoms with E-state index in [0.717, 1.165) is 95.0 Å². The number of ether oxygens (including phenoxy) is 1. The lowest BCUT2D eigenvalue weighted by molar-refractivity contribution is -0.128. The largest absolute Gasteiger partial charge is 0.462 e. The molecular weight excluding hydrogens is 698 g/mol. The minimum absolute atomic E-state index is 0.117. The molecule has 3 aromatic carbocycles. The summed E-state index contributed by atoms with van der Waals surface area (Å²) in [6, 6.07) is 22.9. The topological polar surface area (TPSA) is 109 Å². The second-order valence-corrected chi connectivity index (χ2v) is 15.4. The summed E-state index contributed by atoms with van der Waals surface area (Å²) in [6.45, 7) is 13.1. The Morgan fingerprint density at radius 1 is 1.07 bits per heavy atom. The monoisotopic (exact) mass is 747 g/mol. The molecule has 1 aromatic heterocycles. The zero-order chi connectivity index (χ0) is 37.8. The number of amides is 1. The maximum absolute atomic E-state index is 12.7. The normalized spacial score (nSPS) is 20.0. The van der Waals surface area contributed by atoms with E-state index in [0.29, 0.717) is 38.8 Å². The molecule has 0 radical (unpaired) electrons. The van der Waals surface area contributed by atoms with Gasteiger partial charge in [0.05, 0.1) is 41.9 Å². The summed E-state index contributed by atoms with van der Waals surface area (Å²) in [6.07, 6.45) is 4.77. The molecule has 3 aliphatic heterocycles. The number of fused-ring (bicyclic) bond motifs is 2. The molecule has 1 amide bonds. The molecule has 0 bridgehead atoms. The highest BCUT2D eigenvalue weighted by Crippen LogP contribution is 2.37. The van der Waals surface area contributed by atoms with Crippen LogP contribution in [0.5, 0.6) is 6.01 Å². The maximum Gasteiger partial charge on any atom is 0.318 e. The number of aryl methyl sites for hydroxylation is 1. The minimum atomic E-state index is -0.500. The number of aliphatic hydroxyl groups excluding tert-OH is 1. The van der Waals surface area contributed by atoms with Crippen LogP contribution in [0.15, 0.2) is 73.3 Å². The number of piperazine rings is 1. The summed E-state index contributed by atoms with van der Waals surface area (Å²) in [5, 5.41) is 23.6. The molecule has 0 aliphatic carbocycles. The Balaban J connectivity index is 1.12. The van der Waals surface area contributed by atoms with Crippen LogP contribution in [0.3, 0.4) is 0 Å². The molecule has 4 aromatic rings. The molecule has 2 saturated heterocycles. The number of aliphatic hydroxyl groups is 1.